The average molecular weight is 304 g/mol. The molecule has 0 saturated carbocycles. The fraction of sp³-hybridized carbons (Fsp3) is 0.200. The third-order valence-corrected chi connectivity index (χ3v) is 4.07. The summed E-state index contributed by atoms with van der Waals surface area (Å²) in [6.45, 7) is 6.02. The van der Waals surface area contributed by atoms with Crippen molar-refractivity contribution in [3.63, 3.8) is 0 Å². The summed E-state index contributed by atoms with van der Waals surface area (Å²) < 4.78 is 0. The fourth-order valence-electron chi connectivity index (χ4n) is 2.88. The summed E-state index contributed by atoms with van der Waals surface area (Å²) in [5.74, 6) is -0.0873. The van der Waals surface area contributed by atoms with Crippen molar-refractivity contribution in [2.45, 2.75) is 27.2 Å². The molecule has 0 radical (unpaired) electrons. The number of aromatic nitrogens is 1. The van der Waals surface area contributed by atoms with E-state index in [4.69, 9.17) is 0 Å². The maximum atomic E-state index is 12.9. The second-order valence-corrected chi connectivity index (χ2v) is 5.75. The summed E-state index contributed by atoms with van der Waals surface area (Å²) in [6, 6.07) is 15.7. The summed E-state index contributed by atoms with van der Waals surface area (Å²) >= 11 is 0. The van der Waals surface area contributed by atoms with Crippen molar-refractivity contribution in [3.05, 3.63) is 70.9 Å². The standard InChI is InChI=1S/C20H20N2O/c1-4-15-9-7-8-13(2)19(15)22-20(23)17-12-14(3)21-18-11-6-5-10-16(17)18/h5-12H,4H2,1-3H3,(H,22,23). The number of carbonyl (C=O) groups is 1. The first-order chi connectivity index (χ1) is 11.1. The van der Waals surface area contributed by atoms with E-state index in [1.165, 1.54) is 0 Å². The number of carbonyl (C=O) groups excluding carboxylic acids is 1. The molecular weight excluding hydrogens is 284 g/mol. The maximum Gasteiger partial charge on any atom is 0.256 e. The Bertz CT molecular complexity index is 884. The molecular formula is C20H20N2O. The molecule has 3 rings (SSSR count). The lowest BCUT2D eigenvalue weighted by Gasteiger charge is -2.14. The van der Waals surface area contributed by atoms with E-state index in [1.807, 2.05) is 56.3 Å². The SMILES string of the molecule is CCc1cccc(C)c1NC(=O)c1cc(C)nc2ccccc12. The Balaban J connectivity index is 2.06. The van der Waals surface area contributed by atoms with Crippen molar-refractivity contribution in [1.82, 2.24) is 4.98 Å². The average Bonchev–Trinajstić information content (AvgIpc) is 2.55. The van der Waals surface area contributed by atoms with Crippen LogP contribution in [0.2, 0.25) is 0 Å². The van der Waals surface area contributed by atoms with Gasteiger partial charge in [0.05, 0.1) is 11.1 Å². The van der Waals surface area contributed by atoms with Gasteiger partial charge < -0.3 is 5.32 Å². The number of anilines is 1. The number of nitrogens with one attached hydrogen (secondary N) is 1. The van der Waals surface area contributed by atoms with Crippen molar-refractivity contribution in [2.75, 3.05) is 5.32 Å². The Labute approximate surface area is 136 Å². The Kier molecular flexibility index (Phi) is 4.11. The highest BCUT2D eigenvalue weighted by molar-refractivity contribution is 6.12. The van der Waals surface area contributed by atoms with Crippen LogP contribution in [0.25, 0.3) is 10.9 Å². The lowest BCUT2D eigenvalue weighted by atomic mass is 10.0. The quantitative estimate of drug-likeness (QED) is 0.764. The molecule has 1 heterocycles. The summed E-state index contributed by atoms with van der Waals surface area (Å²) in [5, 5.41) is 3.98. The van der Waals surface area contributed by atoms with Gasteiger partial charge in [0.15, 0.2) is 0 Å². The molecule has 3 aromatic rings. The van der Waals surface area contributed by atoms with Gasteiger partial charge in [-0.2, -0.15) is 0 Å². The highest BCUT2D eigenvalue weighted by Crippen LogP contribution is 2.24. The van der Waals surface area contributed by atoms with E-state index < -0.39 is 0 Å². The minimum atomic E-state index is -0.0873. The zero-order chi connectivity index (χ0) is 16.4. The number of pyridine rings is 1. The number of nitrogens with zero attached hydrogens (tertiary/aromatic N) is 1. The molecule has 1 N–H and O–H groups in total. The number of amides is 1. The molecule has 0 fully saturated rings. The summed E-state index contributed by atoms with van der Waals surface area (Å²) in [7, 11) is 0. The third kappa shape index (κ3) is 2.95. The first kappa shape index (κ1) is 15.2. The van der Waals surface area contributed by atoms with Gasteiger partial charge in [-0.25, -0.2) is 0 Å². The van der Waals surface area contributed by atoms with E-state index in [1.54, 1.807) is 0 Å². The highest BCUT2D eigenvalue weighted by atomic mass is 16.1. The van der Waals surface area contributed by atoms with Crippen molar-refractivity contribution in [2.24, 2.45) is 0 Å². The topological polar surface area (TPSA) is 42.0 Å². The van der Waals surface area contributed by atoms with Gasteiger partial charge in [-0.15, -0.1) is 0 Å². The Hall–Kier alpha value is -2.68. The number of para-hydroxylation sites is 2. The van der Waals surface area contributed by atoms with E-state index in [0.29, 0.717) is 5.56 Å². The van der Waals surface area contributed by atoms with Gasteiger partial charge >= 0.3 is 0 Å². The van der Waals surface area contributed by atoms with Gasteiger partial charge in [0, 0.05) is 16.8 Å². The molecule has 3 heteroatoms. The number of benzene rings is 2. The Morgan fingerprint density at radius 1 is 1.09 bits per heavy atom. The van der Waals surface area contributed by atoms with Crippen molar-refractivity contribution in [3.8, 4) is 0 Å². The zero-order valence-corrected chi connectivity index (χ0v) is 13.7. The minimum absolute atomic E-state index is 0.0873. The van der Waals surface area contributed by atoms with E-state index >= 15 is 0 Å². The molecule has 116 valence electrons. The second kappa shape index (κ2) is 6.21. The molecule has 1 aromatic heterocycles. The monoisotopic (exact) mass is 304 g/mol. The van der Waals surface area contributed by atoms with Crippen LogP contribution in [-0.2, 0) is 6.42 Å². The molecule has 1 amide bonds. The summed E-state index contributed by atoms with van der Waals surface area (Å²) in [4.78, 5) is 17.4. The third-order valence-electron chi connectivity index (χ3n) is 4.07. The van der Waals surface area contributed by atoms with Crippen LogP contribution < -0.4 is 5.32 Å². The largest absolute Gasteiger partial charge is 0.321 e. The van der Waals surface area contributed by atoms with Gasteiger partial charge in [0.2, 0.25) is 0 Å². The predicted molar refractivity (Wildman–Crippen MR) is 95.0 cm³/mol. The Morgan fingerprint density at radius 3 is 2.65 bits per heavy atom. The fourth-order valence-corrected chi connectivity index (χ4v) is 2.88. The number of fused-ring (bicyclic) bond motifs is 1. The smallest absolute Gasteiger partial charge is 0.256 e. The van der Waals surface area contributed by atoms with Crippen LogP contribution in [0.15, 0.2) is 48.5 Å². The number of aryl methyl sites for hydroxylation is 3. The lowest BCUT2D eigenvalue weighted by Crippen LogP contribution is -2.15. The predicted octanol–water partition coefficient (Wildman–Crippen LogP) is 4.67. The van der Waals surface area contributed by atoms with Crippen LogP contribution in [0, 0.1) is 13.8 Å². The van der Waals surface area contributed by atoms with Gasteiger partial charge in [0.25, 0.3) is 5.91 Å². The first-order valence-electron chi connectivity index (χ1n) is 7.86. The van der Waals surface area contributed by atoms with Crippen LogP contribution in [0.5, 0.6) is 0 Å². The van der Waals surface area contributed by atoms with Crippen LogP contribution in [0.1, 0.15) is 34.1 Å². The van der Waals surface area contributed by atoms with Gasteiger partial charge in [-0.1, -0.05) is 43.3 Å². The normalized spacial score (nSPS) is 10.7. The van der Waals surface area contributed by atoms with Crippen molar-refractivity contribution >= 4 is 22.5 Å². The molecule has 0 aliphatic rings. The molecule has 0 unspecified atom stereocenters. The molecule has 0 aliphatic heterocycles. The number of rotatable bonds is 3. The van der Waals surface area contributed by atoms with E-state index in [0.717, 1.165) is 39.8 Å². The van der Waals surface area contributed by atoms with Crippen molar-refractivity contribution < 1.29 is 4.79 Å². The van der Waals surface area contributed by atoms with Crippen LogP contribution in [0.4, 0.5) is 5.69 Å². The molecule has 2 aromatic carbocycles. The summed E-state index contributed by atoms with van der Waals surface area (Å²) in [6.07, 6.45) is 0.882. The molecule has 0 spiro atoms. The first-order valence-corrected chi connectivity index (χ1v) is 7.86. The number of hydrogen-bond acceptors (Lipinski definition) is 2. The molecule has 0 saturated heterocycles. The van der Waals surface area contributed by atoms with Crippen LogP contribution in [-0.4, -0.2) is 10.9 Å². The van der Waals surface area contributed by atoms with Crippen molar-refractivity contribution in [1.29, 1.82) is 0 Å². The van der Waals surface area contributed by atoms with Gasteiger partial charge in [-0.05, 0) is 43.5 Å². The molecule has 0 aliphatic carbocycles. The maximum absolute atomic E-state index is 12.9. The van der Waals surface area contributed by atoms with Crippen LogP contribution in [0.3, 0.4) is 0 Å². The molecule has 23 heavy (non-hydrogen) atoms. The van der Waals surface area contributed by atoms with E-state index in [2.05, 4.69) is 23.3 Å². The summed E-state index contributed by atoms with van der Waals surface area (Å²) in [5.41, 5.74) is 5.49. The minimum Gasteiger partial charge on any atom is -0.321 e. The molecule has 0 bridgehead atoms. The van der Waals surface area contributed by atoms with Gasteiger partial charge in [0.1, 0.15) is 0 Å². The lowest BCUT2D eigenvalue weighted by molar-refractivity contribution is 0.102. The molecule has 0 atom stereocenters. The zero-order valence-electron chi connectivity index (χ0n) is 13.7. The van der Waals surface area contributed by atoms with Gasteiger partial charge in [-0.3, -0.25) is 9.78 Å². The van der Waals surface area contributed by atoms with E-state index in [9.17, 15) is 4.79 Å². The highest BCUT2D eigenvalue weighted by Gasteiger charge is 2.14. The second-order valence-electron chi connectivity index (χ2n) is 5.75. The number of hydrogen-bond donors (Lipinski definition) is 1. The molecule has 3 nitrogen and oxygen atoms in total. The van der Waals surface area contributed by atoms with E-state index in [-0.39, 0.29) is 5.91 Å². The van der Waals surface area contributed by atoms with Crippen LogP contribution >= 0.6 is 0 Å². The Morgan fingerprint density at radius 2 is 1.87 bits per heavy atom.